The number of carbonyl (C=O) groups excluding carboxylic acids is 2. The molecule has 6 rings (SSSR count). The number of hydrogen-bond acceptors (Lipinski definition) is 3. The van der Waals surface area contributed by atoms with Gasteiger partial charge < -0.3 is 15.6 Å². The van der Waals surface area contributed by atoms with Gasteiger partial charge in [-0.3, -0.25) is 9.59 Å². The Hall–Kier alpha value is -4.28. The van der Waals surface area contributed by atoms with Gasteiger partial charge >= 0.3 is 0 Å². The van der Waals surface area contributed by atoms with Crippen LogP contribution in [0.3, 0.4) is 0 Å². The lowest BCUT2D eigenvalue weighted by Gasteiger charge is -2.39. The molecule has 2 aliphatic carbocycles. The number of aromatic amines is 1. The van der Waals surface area contributed by atoms with Crippen molar-refractivity contribution in [1.82, 2.24) is 15.3 Å². The number of imidazole rings is 1. The third kappa shape index (κ3) is 4.16. The van der Waals surface area contributed by atoms with Gasteiger partial charge in [-0.15, -0.1) is 0 Å². The van der Waals surface area contributed by atoms with Crippen molar-refractivity contribution >= 4 is 28.5 Å². The SMILES string of the molecule is CC1(C)C2CCC1(C)C(NC(=O)c1ccc3[nH]c(-c4ccc(NC(=O)c5c(F)c(F)c(F)c(F)c5F)cc4)nc3c1)C2. The first-order chi connectivity index (χ1) is 19.8. The minimum Gasteiger partial charge on any atom is -0.349 e. The molecule has 4 aromatic rings. The van der Waals surface area contributed by atoms with Gasteiger partial charge in [0.25, 0.3) is 11.8 Å². The Bertz CT molecular complexity index is 1740. The lowest BCUT2D eigenvalue weighted by Crippen LogP contribution is -2.46. The van der Waals surface area contributed by atoms with Gasteiger partial charge in [0.15, 0.2) is 23.3 Å². The maximum Gasteiger partial charge on any atom is 0.261 e. The number of aromatic nitrogens is 2. The van der Waals surface area contributed by atoms with Crippen LogP contribution in [0.25, 0.3) is 22.4 Å². The molecule has 0 aliphatic heterocycles. The summed E-state index contributed by atoms with van der Waals surface area (Å²) >= 11 is 0. The largest absolute Gasteiger partial charge is 0.349 e. The van der Waals surface area contributed by atoms with Crippen molar-refractivity contribution in [3.8, 4) is 11.4 Å². The average Bonchev–Trinajstić information content (AvgIpc) is 3.54. The van der Waals surface area contributed by atoms with Gasteiger partial charge in [0, 0.05) is 22.9 Å². The minimum atomic E-state index is -2.34. The third-order valence-electron chi connectivity index (χ3n) is 9.70. The highest BCUT2D eigenvalue weighted by Crippen LogP contribution is 2.65. The molecule has 1 aromatic heterocycles. The number of carbonyl (C=O) groups is 2. The smallest absolute Gasteiger partial charge is 0.261 e. The quantitative estimate of drug-likeness (QED) is 0.133. The molecular weight excluding hydrogens is 555 g/mol. The lowest BCUT2D eigenvalue weighted by atomic mass is 9.69. The van der Waals surface area contributed by atoms with Crippen LogP contribution in [0.15, 0.2) is 42.5 Å². The zero-order chi connectivity index (χ0) is 30.1. The molecule has 0 saturated heterocycles. The molecule has 6 nitrogen and oxygen atoms in total. The van der Waals surface area contributed by atoms with E-state index in [1.165, 1.54) is 18.6 Å². The Kier molecular flexibility index (Phi) is 6.40. The molecule has 3 aromatic carbocycles. The fourth-order valence-electron chi connectivity index (χ4n) is 6.66. The highest BCUT2D eigenvalue weighted by atomic mass is 19.2. The number of hydrogen-bond donors (Lipinski definition) is 3. The number of rotatable bonds is 5. The number of anilines is 1. The zero-order valence-corrected chi connectivity index (χ0v) is 23.0. The van der Waals surface area contributed by atoms with Crippen LogP contribution in [0, 0.1) is 45.8 Å². The van der Waals surface area contributed by atoms with Gasteiger partial charge in [-0.25, -0.2) is 26.9 Å². The zero-order valence-electron chi connectivity index (χ0n) is 23.0. The molecule has 218 valence electrons. The van der Waals surface area contributed by atoms with Crippen molar-refractivity contribution in [3.63, 3.8) is 0 Å². The van der Waals surface area contributed by atoms with Crippen LogP contribution in [0.1, 0.15) is 60.7 Å². The number of amides is 2. The summed E-state index contributed by atoms with van der Waals surface area (Å²) < 4.78 is 68.2. The van der Waals surface area contributed by atoms with Crippen molar-refractivity contribution in [2.45, 2.75) is 46.1 Å². The van der Waals surface area contributed by atoms with E-state index in [1.54, 1.807) is 30.3 Å². The van der Waals surface area contributed by atoms with E-state index >= 15 is 0 Å². The summed E-state index contributed by atoms with van der Waals surface area (Å²) in [5, 5.41) is 5.39. The molecule has 2 amide bonds. The molecule has 0 radical (unpaired) electrons. The fourth-order valence-corrected chi connectivity index (χ4v) is 6.66. The first-order valence-electron chi connectivity index (χ1n) is 13.6. The third-order valence-corrected chi connectivity index (χ3v) is 9.70. The second-order valence-electron chi connectivity index (χ2n) is 11.9. The van der Waals surface area contributed by atoms with Crippen molar-refractivity contribution in [2.24, 2.45) is 16.7 Å². The fraction of sp³-hybridized carbons (Fsp3) is 0.323. The number of H-pyrrole nitrogens is 1. The van der Waals surface area contributed by atoms with Gasteiger partial charge in [0.2, 0.25) is 5.82 Å². The maximum atomic E-state index is 14.0. The molecule has 2 bridgehead atoms. The monoisotopic (exact) mass is 582 g/mol. The Morgan fingerprint density at radius 3 is 2.12 bits per heavy atom. The van der Waals surface area contributed by atoms with E-state index in [1.807, 2.05) is 0 Å². The predicted molar refractivity (Wildman–Crippen MR) is 146 cm³/mol. The van der Waals surface area contributed by atoms with E-state index in [0.29, 0.717) is 33.9 Å². The Balaban J connectivity index is 1.17. The first kappa shape index (κ1) is 27.9. The summed E-state index contributed by atoms with van der Waals surface area (Å²) in [7, 11) is 0. The normalized spacial score (nSPS) is 22.5. The highest BCUT2D eigenvalue weighted by Gasteiger charge is 2.61. The first-order valence-corrected chi connectivity index (χ1v) is 13.6. The molecule has 2 fully saturated rings. The van der Waals surface area contributed by atoms with Crippen molar-refractivity contribution < 1.29 is 31.5 Å². The van der Waals surface area contributed by atoms with Crippen LogP contribution >= 0.6 is 0 Å². The molecule has 2 aliphatic rings. The standard InChI is InChI=1S/C31H27F5N4O2/c1-30(2)16-10-11-31(30,3)20(13-16)40-28(41)15-6-9-18-19(12-15)39-27(38-18)14-4-7-17(8-5-14)37-29(42)21-22(32)24(34)26(36)25(35)23(21)33/h4-9,12,16,20H,10-11,13H2,1-3H3,(H,37,42)(H,38,39)(H,40,41). The van der Waals surface area contributed by atoms with Crippen LogP contribution in [0.4, 0.5) is 27.6 Å². The van der Waals surface area contributed by atoms with Crippen molar-refractivity contribution in [2.75, 3.05) is 5.32 Å². The van der Waals surface area contributed by atoms with E-state index in [0.717, 1.165) is 12.8 Å². The predicted octanol–water partition coefficient (Wildman–Crippen LogP) is 7.12. The van der Waals surface area contributed by atoms with Gasteiger partial charge in [0.05, 0.1) is 11.0 Å². The van der Waals surface area contributed by atoms with Crippen LogP contribution in [0.5, 0.6) is 0 Å². The summed E-state index contributed by atoms with van der Waals surface area (Å²) in [5.41, 5.74) is 1.05. The number of nitrogens with zero attached hydrogens (tertiary/aromatic N) is 1. The Morgan fingerprint density at radius 1 is 0.881 bits per heavy atom. The number of fused-ring (bicyclic) bond motifs is 3. The van der Waals surface area contributed by atoms with E-state index in [-0.39, 0.29) is 28.5 Å². The number of benzene rings is 3. The Morgan fingerprint density at radius 2 is 1.52 bits per heavy atom. The van der Waals surface area contributed by atoms with E-state index < -0.39 is 40.6 Å². The highest BCUT2D eigenvalue weighted by molar-refractivity contribution is 6.05. The molecule has 42 heavy (non-hydrogen) atoms. The van der Waals surface area contributed by atoms with E-state index in [9.17, 15) is 31.5 Å². The molecule has 11 heteroatoms. The molecule has 3 unspecified atom stereocenters. The maximum absolute atomic E-state index is 14.0. The second kappa shape index (κ2) is 9.64. The second-order valence-corrected chi connectivity index (χ2v) is 11.9. The van der Waals surface area contributed by atoms with Gasteiger partial charge in [-0.2, -0.15) is 0 Å². The number of nitrogens with one attached hydrogen (secondary N) is 3. The summed E-state index contributed by atoms with van der Waals surface area (Å²) in [5.74, 6) is -11.8. The summed E-state index contributed by atoms with van der Waals surface area (Å²) in [6.45, 7) is 6.86. The summed E-state index contributed by atoms with van der Waals surface area (Å²) in [6, 6.07) is 11.2. The molecule has 3 N–H and O–H groups in total. The summed E-state index contributed by atoms with van der Waals surface area (Å²) in [6.07, 6.45) is 3.26. The lowest BCUT2D eigenvalue weighted by molar-refractivity contribution is 0.0826. The van der Waals surface area contributed by atoms with Crippen LogP contribution < -0.4 is 10.6 Å². The summed E-state index contributed by atoms with van der Waals surface area (Å²) in [4.78, 5) is 33.3. The molecule has 1 heterocycles. The number of halogens is 5. The topological polar surface area (TPSA) is 86.9 Å². The van der Waals surface area contributed by atoms with E-state index in [2.05, 4.69) is 41.4 Å². The van der Waals surface area contributed by atoms with Crippen LogP contribution in [-0.2, 0) is 0 Å². The molecule has 2 saturated carbocycles. The molecule has 3 atom stereocenters. The minimum absolute atomic E-state index is 0.0519. The average molecular weight is 583 g/mol. The van der Waals surface area contributed by atoms with Crippen LogP contribution in [-0.4, -0.2) is 27.8 Å². The Labute approximate surface area is 237 Å². The van der Waals surface area contributed by atoms with Crippen molar-refractivity contribution in [1.29, 1.82) is 0 Å². The van der Waals surface area contributed by atoms with Gasteiger partial charge in [-0.05, 0) is 78.5 Å². The van der Waals surface area contributed by atoms with Gasteiger partial charge in [-0.1, -0.05) is 20.8 Å². The van der Waals surface area contributed by atoms with Gasteiger partial charge in [0.1, 0.15) is 11.4 Å². The van der Waals surface area contributed by atoms with Crippen molar-refractivity contribution in [3.05, 3.63) is 82.7 Å². The van der Waals surface area contributed by atoms with E-state index in [4.69, 9.17) is 0 Å². The molecular formula is C31H27F5N4O2. The van der Waals surface area contributed by atoms with Crippen LogP contribution in [0.2, 0.25) is 0 Å². The molecule has 0 spiro atoms.